The van der Waals surface area contributed by atoms with Gasteiger partial charge in [-0.3, -0.25) is 0 Å². The maximum absolute atomic E-state index is 12.7. The van der Waals surface area contributed by atoms with Crippen molar-refractivity contribution in [2.75, 3.05) is 26.0 Å². The zero-order valence-corrected chi connectivity index (χ0v) is 18.0. The van der Waals surface area contributed by atoms with Gasteiger partial charge in [0.25, 0.3) is 0 Å². The van der Waals surface area contributed by atoms with Gasteiger partial charge in [-0.2, -0.15) is 0 Å². The predicted molar refractivity (Wildman–Crippen MR) is 119 cm³/mol. The van der Waals surface area contributed by atoms with Crippen molar-refractivity contribution in [3.8, 4) is 5.75 Å². The molecule has 4 rings (SSSR count). The van der Waals surface area contributed by atoms with Crippen LogP contribution in [0.15, 0.2) is 54.7 Å². The van der Waals surface area contributed by atoms with E-state index in [1.807, 2.05) is 48.7 Å². The van der Waals surface area contributed by atoms with Crippen LogP contribution in [0.1, 0.15) is 36.3 Å². The Morgan fingerprint density at radius 3 is 2.73 bits per heavy atom. The number of H-pyrrole nitrogens is 1. The van der Waals surface area contributed by atoms with Crippen LogP contribution >= 0.6 is 0 Å². The predicted octanol–water partition coefficient (Wildman–Crippen LogP) is 3.80. The highest BCUT2D eigenvalue weighted by Crippen LogP contribution is 2.31. The van der Waals surface area contributed by atoms with Crippen molar-refractivity contribution in [3.05, 3.63) is 65.9 Å². The van der Waals surface area contributed by atoms with Gasteiger partial charge >= 0.3 is 0 Å². The number of para-hydroxylation sites is 1. The monoisotopic (exact) mass is 428 g/mol. The Kier molecular flexibility index (Phi) is 6.41. The van der Waals surface area contributed by atoms with Crippen LogP contribution in [0.4, 0.5) is 0 Å². The summed E-state index contributed by atoms with van der Waals surface area (Å²) in [7, 11) is -1.76. The SMILES string of the molecule is COc1ccc([C@@H](CNS(=O)(=O)CC[C@H]2CCCO2)c2c[nH]c3ccccc23)cc1. The summed E-state index contributed by atoms with van der Waals surface area (Å²) in [5.74, 6) is 0.735. The molecular formula is C23H28N2O4S. The van der Waals surface area contributed by atoms with Gasteiger partial charge in [-0.25, -0.2) is 13.1 Å². The molecule has 1 aliphatic heterocycles. The lowest BCUT2D eigenvalue weighted by Gasteiger charge is -2.19. The van der Waals surface area contributed by atoms with Crippen molar-refractivity contribution < 1.29 is 17.9 Å². The fourth-order valence-electron chi connectivity index (χ4n) is 4.07. The van der Waals surface area contributed by atoms with Gasteiger partial charge in [0.15, 0.2) is 0 Å². The molecule has 0 amide bonds. The van der Waals surface area contributed by atoms with Crippen LogP contribution in [0, 0.1) is 0 Å². The molecule has 2 aromatic carbocycles. The molecule has 1 saturated heterocycles. The number of hydrogen-bond donors (Lipinski definition) is 2. The first-order valence-corrected chi connectivity index (χ1v) is 12.0. The molecule has 6 nitrogen and oxygen atoms in total. The van der Waals surface area contributed by atoms with Crippen molar-refractivity contribution in [1.82, 2.24) is 9.71 Å². The topological polar surface area (TPSA) is 80.4 Å². The number of aromatic amines is 1. The Morgan fingerprint density at radius 1 is 1.20 bits per heavy atom. The zero-order valence-electron chi connectivity index (χ0n) is 17.1. The quantitative estimate of drug-likeness (QED) is 0.543. The molecule has 2 atom stereocenters. The molecule has 2 heterocycles. The molecule has 2 N–H and O–H groups in total. The number of nitrogens with one attached hydrogen (secondary N) is 2. The van der Waals surface area contributed by atoms with Gasteiger partial charge in [0.1, 0.15) is 5.75 Å². The zero-order chi connectivity index (χ0) is 21.0. The van der Waals surface area contributed by atoms with Gasteiger partial charge in [-0.1, -0.05) is 30.3 Å². The summed E-state index contributed by atoms with van der Waals surface area (Å²) in [6.07, 6.45) is 4.53. The molecule has 0 spiro atoms. The fourth-order valence-corrected chi connectivity index (χ4v) is 5.21. The van der Waals surface area contributed by atoms with E-state index in [-0.39, 0.29) is 17.8 Å². The van der Waals surface area contributed by atoms with Gasteiger partial charge in [0.2, 0.25) is 10.0 Å². The highest BCUT2D eigenvalue weighted by Gasteiger charge is 2.23. The molecule has 1 fully saturated rings. The first kappa shape index (κ1) is 20.9. The summed E-state index contributed by atoms with van der Waals surface area (Å²) in [4.78, 5) is 3.30. The van der Waals surface area contributed by atoms with Crippen molar-refractivity contribution in [1.29, 1.82) is 0 Å². The molecular weight excluding hydrogens is 400 g/mol. The summed E-state index contributed by atoms with van der Waals surface area (Å²) < 4.78 is 39.0. The lowest BCUT2D eigenvalue weighted by molar-refractivity contribution is 0.109. The Balaban J connectivity index is 1.55. The van der Waals surface area contributed by atoms with Gasteiger partial charge < -0.3 is 14.5 Å². The van der Waals surface area contributed by atoms with E-state index in [0.29, 0.717) is 13.0 Å². The van der Waals surface area contributed by atoms with Crippen molar-refractivity contribution in [3.63, 3.8) is 0 Å². The maximum Gasteiger partial charge on any atom is 0.211 e. The smallest absolute Gasteiger partial charge is 0.211 e. The molecule has 7 heteroatoms. The van der Waals surface area contributed by atoms with E-state index >= 15 is 0 Å². The number of ether oxygens (including phenoxy) is 2. The molecule has 3 aromatic rings. The average molecular weight is 429 g/mol. The highest BCUT2D eigenvalue weighted by molar-refractivity contribution is 7.89. The van der Waals surface area contributed by atoms with E-state index in [4.69, 9.17) is 9.47 Å². The Morgan fingerprint density at radius 2 is 2.00 bits per heavy atom. The Labute approximate surface area is 177 Å². The maximum atomic E-state index is 12.7. The third-order valence-electron chi connectivity index (χ3n) is 5.75. The van der Waals surface area contributed by atoms with Crippen LogP contribution in [0.5, 0.6) is 5.75 Å². The van der Waals surface area contributed by atoms with E-state index in [1.165, 1.54) is 0 Å². The van der Waals surface area contributed by atoms with Crippen LogP contribution in [-0.2, 0) is 14.8 Å². The molecule has 30 heavy (non-hydrogen) atoms. The molecule has 0 unspecified atom stereocenters. The largest absolute Gasteiger partial charge is 0.497 e. The number of aromatic nitrogens is 1. The van der Waals surface area contributed by atoms with Gasteiger partial charge in [0, 0.05) is 36.2 Å². The van der Waals surface area contributed by atoms with Crippen LogP contribution in [0.25, 0.3) is 10.9 Å². The average Bonchev–Trinajstić information content (AvgIpc) is 3.43. The standard InChI is InChI=1S/C23H28N2O4S/c1-28-18-10-8-17(9-11-18)21(22-15-24-23-7-3-2-6-20(22)23)16-25-30(26,27)14-12-19-5-4-13-29-19/h2-3,6-11,15,19,21,24-25H,4-5,12-14,16H2,1H3/t19-,21-/m1/s1. The molecule has 0 aliphatic carbocycles. The van der Waals surface area contributed by atoms with E-state index < -0.39 is 10.0 Å². The minimum Gasteiger partial charge on any atom is -0.497 e. The second-order valence-corrected chi connectivity index (χ2v) is 9.63. The second kappa shape index (κ2) is 9.20. The van der Waals surface area contributed by atoms with E-state index in [2.05, 4.69) is 15.8 Å². The van der Waals surface area contributed by atoms with Crippen LogP contribution < -0.4 is 9.46 Å². The van der Waals surface area contributed by atoms with Crippen LogP contribution in [0.2, 0.25) is 0 Å². The van der Waals surface area contributed by atoms with Gasteiger partial charge in [0.05, 0.1) is 19.0 Å². The number of benzene rings is 2. The molecule has 0 bridgehead atoms. The summed E-state index contributed by atoms with van der Waals surface area (Å²) in [5.41, 5.74) is 3.13. The lowest BCUT2D eigenvalue weighted by Crippen LogP contribution is -2.32. The minimum absolute atomic E-state index is 0.0626. The summed E-state index contributed by atoms with van der Waals surface area (Å²) >= 11 is 0. The molecule has 160 valence electrons. The highest BCUT2D eigenvalue weighted by atomic mass is 32.2. The first-order chi connectivity index (χ1) is 14.6. The molecule has 0 radical (unpaired) electrons. The fraction of sp³-hybridized carbons (Fsp3) is 0.391. The van der Waals surface area contributed by atoms with E-state index in [0.717, 1.165) is 47.2 Å². The van der Waals surface area contributed by atoms with Crippen molar-refractivity contribution >= 4 is 20.9 Å². The van der Waals surface area contributed by atoms with E-state index in [1.54, 1.807) is 7.11 Å². The van der Waals surface area contributed by atoms with Crippen LogP contribution in [-0.4, -0.2) is 45.5 Å². The van der Waals surface area contributed by atoms with Crippen molar-refractivity contribution in [2.24, 2.45) is 0 Å². The number of methoxy groups -OCH3 is 1. The summed E-state index contributed by atoms with van der Waals surface area (Å²) in [6.45, 7) is 1.03. The first-order valence-electron chi connectivity index (χ1n) is 10.3. The third-order valence-corrected chi connectivity index (χ3v) is 7.13. The molecule has 1 aromatic heterocycles. The number of hydrogen-bond acceptors (Lipinski definition) is 4. The Bertz CT molecular complexity index is 1070. The second-order valence-electron chi connectivity index (χ2n) is 7.71. The van der Waals surface area contributed by atoms with Gasteiger partial charge in [-0.05, 0) is 48.6 Å². The normalized spacial score (nSPS) is 18.0. The minimum atomic E-state index is -3.39. The van der Waals surface area contributed by atoms with E-state index in [9.17, 15) is 8.42 Å². The number of sulfonamides is 1. The summed E-state index contributed by atoms with van der Waals surface area (Å²) in [5, 5.41) is 1.09. The van der Waals surface area contributed by atoms with Gasteiger partial charge in [-0.15, -0.1) is 0 Å². The van der Waals surface area contributed by atoms with Crippen LogP contribution in [0.3, 0.4) is 0 Å². The molecule has 0 saturated carbocycles. The Hall–Kier alpha value is -2.35. The lowest BCUT2D eigenvalue weighted by atomic mass is 9.91. The number of rotatable bonds is 9. The third kappa shape index (κ3) is 4.86. The summed E-state index contributed by atoms with van der Waals surface area (Å²) in [6, 6.07) is 15.9. The van der Waals surface area contributed by atoms with Crippen molar-refractivity contribution in [2.45, 2.75) is 31.3 Å². The molecule has 1 aliphatic rings. The number of fused-ring (bicyclic) bond motifs is 1.